The molecule has 8 heteroatoms. The highest BCUT2D eigenvalue weighted by Crippen LogP contribution is 2.31. The van der Waals surface area contributed by atoms with Gasteiger partial charge in [0, 0.05) is 38.4 Å². The molecule has 0 bridgehead atoms. The molecular weight excluding hydrogens is 382 g/mol. The fourth-order valence-corrected chi connectivity index (χ4v) is 4.06. The van der Waals surface area contributed by atoms with Crippen molar-refractivity contribution in [2.45, 2.75) is 38.2 Å². The quantitative estimate of drug-likeness (QED) is 0.623. The number of carbonyl (C=O) groups is 1. The Labute approximate surface area is 175 Å². The summed E-state index contributed by atoms with van der Waals surface area (Å²) in [5, 5.41) is 4.67. The van der Waals surface area contributed by atoms with Crippen LogP contribution in [0.5, 0.6) is 11.5 Å². The number of hydrogen-bond acceptors (Lipinski definition) is 6. The van der Waals surface area contributed by atoms with Gasteiger partial charge in [0.2, 0.25) is 0 Å². The van der Waals surface area contributed by atoms with Crippen molar-refractivity contribution in [3.05, 3.63) is 42.4 Å². The van der Waals surface area contributed by atoms with E-state index in [1.165, 1.54) is 0 Å². The van der Waals surface area contributed by atoms with Crippen molar-refractivity contribution in [3.63, 3.8) is 0 Å². The van der Waals surface area contributed by atoms with Crippen molar-refractivity contribution in [1.29, 1.82) is 0 Å². The summed E-state index contributed by atoms with van der Waals surface area (Å²) in [6.45, 7) is 3.28. The summed E-state index contributed by atoms with van der Waals surface area (Å²) >= 11 is 0. The molecule has 2 atom stereocenters. The minimum atomic E-state index is -0.555. The largest absolute Gasteiger partial charge is 0.493 e. The Morgan fingerprint density at radius 1 is 1.23 bits per heavy atom. The third-order valence-electron chi connectivity index (χ3n) is 5.59. The van der Waals surface area contributed by atoms with Crippen LogP contribution in [-0.4, -0.2) is 56.9 Å². The van der Waals surface area contributed by atoms with Crippen LogP contribution in [0.25, 0.3) is 11.2 Å². The van der Waals surface area contributed by atoms with Crippen LogP contribution in [0.4, 0.5) is 0 Å². The minimum absolute atomic E-state index is 0.000531. The average Bonchev–Trinajstić information content (AvgIpc) is 3.14. The van der Waals surface area contributed by atoms with Gasteiger partial charge in [0.1, 0.15) is 5.52 Å². The molecule has 0 saturated carbocycles. The third kappa shape index (κ3) is 3.81. The molecule has 3 heterocycles. The Morgan fingerprint density at radius 2 is 2.00 bits per heavy atom. The second-order valence-corrected chi connectivity index (χ2v) is 7.53. The van der Waals surface area contributed by atoms with Gasteiger partial charge in [0.25, 0.3) is 5.91 Å². The van der Waals surface area contributed by atoms with E-state index in [2.05, 4.69) is 15.1 Å². The first kappa shape index (κ1) is 20.1. The highest BCUT2D eigenvalue weighted by molar-refractivity contribution is 5.82. The van der Waals surface area contributed by atoms with Crippen molar-refractivity contribution >= 4 is 17.1 Å². The Bertz CT molecular complexity index is 1030. The molecule has 0 N–H and O–H groups in total. The maximum absolute atomic E-state index is 13.3. The number of piperidine rings is 1. The predicted molar refractivity (Wildman–Crippen MR) is 113 cm³/mol. The predicted octanol–water partition coefficient (Wildman–Crippen LogP) is 2.94. The van der Waals surface area contributed by atoms with Gasteiger partial charge < -0.3 is 14.4 Å². The number of aromatic nitrogens is 4. The zero-order chi connectivity index (χ0) is 21.1. The van der Waals surface area contributed by atoms with Gasteiger partial charge >= 0.3 is 0 Å². The lowest BCUT2D eigenvalue weighted by Gasteiger charge is -2.34. The molecular formula is C22H27N5O3. The molecule has 30 heavy (non-hydrogen) atoms. The number of nitrogens with zero attached hydrogens (tertiary/aromatic N) is 5. The lowest BCUT2D eigenvalue weighted by molar-refractivity contribution is -0.140. The second kappa shape index (κ2) is 8.69. The number of likely N-dealkylation sites (tertiary alicyclic amines) is 1. The molecule has 1 amide bonds. The van der Waals surface area contributed by atoms with Crippen molar-refractivity contribution in [3.8, 4) is 11.5 Å². The lowest BCUT2D eigenvalue weighted by Crippen LogP contribution is -2.46. The summed E-state index contributed by atoms with van der Waals surface area (Å²) in [6, 6.07) is 7.41. The van der Waals surface area contributed by atoms with Crippen LogP contribution in [0.2, 0.25) is 0 Å². The highest BCUT2D eigenvalue weighted by Gasteiger charge is 2.32. The van der Waals surface area contributed by atoms with Crippen molar-refractivity contribution in [1.82, 2.24) is 24.6 Å². The smallest absolute Gasteiger partial charge is 0.263 e. The van der Waals surface area contributed by atoms with E-state index >= 15 is 0 Å². The van der Waals surface area contributed by atoms with E-state index in [1.807, 2.05) is 43.1 Å². The van der Waals surface area contributed by atoms with Gasteiger partial charge in [0.15, 0.2) is 23.3 Å². The van der Waals surface area contributed by atoms with Crippen LogP contribution < -0.4 is 9.47 Å². The van der Waals surface area contributed by atoms with Crippen molar-refractivity contribution < 1.29 is 14.3 Å². The SMILES string of the molecule is CC[C@@H](Oc1ccccc1OC)C(=O)N1CCC[C@@H](c2nn(C)c3nccnc23)C1. The maximum atomic E-state index is 13.3. The number of methoxy groups -OCH3 is 1. The minimum Gasteiger partial charge on any atom is -0.493 e. The van der Waals surface area contributed by atoms with Gasteiger partial charge in [-0.2, -0.15) is 5.10 Å². The molecule has 0 unspecified atom stereocenters. The number of hydrogen-bond donors (Lipinski definition) is 0. The molecule has 8 nitrogen and oxygen atoms in total. The number of carbonyl (C=O) groups excluding carboxylic acids is 1. The van der Waals surface area contributed by atoms with E-state index in [1.54, 1.807) is 24.2 Å². The molecule has 158 valence electrons. The monoisotopic (exact) mass is 409 g/mol. The summed E-state index contributed by atoms with van der Waals surface area (Å²) in [6.07, 6.45) is 5.27. The Balaban J connectivity index is 1.52. The van der Waals surface area contributed by atoms with Crippen molar-refractivity contribution in [2.75, 3.05) is 20.2 Å². The molecule has 0 radical (unpaired) electrons. The summed E-state index contributed by atoms with van der Waals surface area (Å²) in [5.74, 6) is 1.34. The van der Waals surface area contributed by atoms with E-state index < -0.39 is 6.10 Å². The van der Waals surface area contributed by atoms with Crippen LogP contribution in [0, 0.1) is 0 Å². The van der Waals surface area contributed by atoms with E-state index in [9.17, 15) is 4.79 Å². The zero-order valence-electron chi connectivity index (χ0n) is 17.6. The molecule has 0 aliphatic carbocycles. The molecule has 0 spiro atoms. The molecule has 1 fully saturated rings. The average molecular weight is 409 g/mol. The fourth-order valence-electron chi connectivity index (χ4n) is 4.06. The van der Waals surface area contributed by atoms with Crippen LogP contribution in [-0.2, 0) is 11.8 Å². The Kier molecular flexibility index (Phi) is 5.83. The number of fused-ring (bicyclic) bond motifs is 1. The molecule has 1 aliphatic heterocycles. The van der Waals surface area contributed by atoms with E-state index in [4.69, 9.17) is 9.47 Å². The van der Waals surface area contributed by atoms with Crippen LogP contribution in [0.15, 0.2) is 36.7 Å². The summed E-state index contributed by atoms with van der Waals surface area (Å²) in [7, 11) is 3.47. The third-order valence-corrected chi connectivity index (χ3v) is 5.59. The molecule has 1 aromatic carbocycles. The topological polar surface area (TPSA) is 82.4 Å². The normalized spacial score (nSPS) is 17.7. The van der Waals surface area contributed by atoms with Crippen LogP contribution in [0.1, 0.15) is 37.8 Å². The Hall–Kier alpha value is -3.16. The number of rotatable bonds is 6. The second-order valence-electron chi connectivity index (χ2n) is 7.53. The van der Waals surface area contributed by atoms with Crippen LogP contribution in [0.3, 0.4) is 0 Å². The Morgan fingerprint density at radius 3 is 2.77 bits per heavy atom. The number of ether oxygens (including phenoxy) is 2. The van der Waals surface area contributed by atoms with Gasteiger partial charge in [-0.3, -0.25) is 4.79 Å². The van der Waals surface area contributed by atoms with Gasteiger partial charge in [-0.25, -0.2) is 14.6 Å². The van der Waals surface area contributed by atoms with Gasteiger partial charge in [-0.1, -0.05) is 19.1 Å². The lowest BCUT2D eigenvalue weighted by atomic mass is 9.94. The maximum Gasteiger partial charge on any atom is 0.263 e. The van der Waals surface area contributed by atoms with Crippen molar-refractivity contribution in [2.24, 2.45) is 7.05 Å². The molecule has 1 aliphatic rings. The fraction of sp³-hybridized carbons (Fsp3) is 0.455. The van der Waals surface area contributed by atoms with Gasteiger partial charge in [-0.05, 0) is 31.4 Å². The highest BCUT2D eigenvalue weighted by atomic mass is 16.5. The summed E-state index contributed by atoms with van der Waals surface area (Å²) in [5.41, 5.74) is 2.50. The molecule has 2 aromatic heterocycles. The number of aryl methyl sites for hydroxylation is 1. The van der Waals surface area contributed by atoms with E-state index in [0.29, 0.717) is 24.5 Å². The number of amides is 1. The number of para-hydroxylation sites is 2. The zero-order valence-corrected chi connectivity index (χ0v) is 17.6. The molecule has 3 aromatic rings. The van der Waals surface area contributed by atoms with Gasteiger partial charge in [-0.15, -0.1) is 0 Å². The van der Waals surface area contributed by atoms with Crippen LogP contribution >= 0.6 is 0 Å². The van der Waals surface area contributed by atoms with E-state index in [-0.39, 0.29) is 11.8 Å². The van der Waals surface area contributed by atoms with E-state index in [0.717, 1.165) is 36.2 Å². The first-order valence-corrected chi connectivity index (χ1v) is 10.3. The van der Waals surface area contributed by atoms with Gasteiger partial charge in [0.05, 0.1) is 12.8 Å². The first-order chi connectivity index (χ1) is 14.6. The first-order valence-electron chi connectivity index (χ1n) is 10.3. The number of benzene rings is 1. The molecule has 1 saturated heterocycles. The standard InChI is InChI=1S/C22H27N5O3/c1-4-16(30-18-10-6-5-9-17(18)29-3)22(28)27-13-7-8-15(14-27)19-20-21(26(2)25-19)24-12-11-23-20/h5-6,9-12,15-16H,4,7-8,13-14H2,1-3H3/t15-,16-/m1/s1. The summed E-state index contributed by atoms with van der Waals surface area (Å²) in [4.78, 5) is 24.0. The molecule has 4 rings (SSSR count). The summed E-state index contributed by atoms with van der Waals surface area (Å²) < 4.78 is 13.2.